The quantitative estimate of drug-likeness (QED) is 0.531. The van der Waals surface area contributed by atoms with Gasteiger partial charge in [0.05, 0.1) is 5.69 Å². The molecule has 0 aliphatic carbocycles. The minimum atomic E-state index is 0.125. The number of aromatic hydroxyl groups is 1. The second kappa shape index (κ2) is 9.48. The molecule has 0 amide bonds. The number of nitrogens with zero attached hydrogens (tertiary/aromatic N) is 1. The Morgan fingerprint density at radius 3 is 2.21 bits per heavy atom. The Morgan fingerprint density at radius 2 is 1.63 bits per heavy atom. The second-order valence-electron chi connectivity index (χ2n) is 3.72. The topological polar surface area (TPSA) is 32.6 Å². The normalized spacial score (nSPS) is 9.84. The van der Waals surface area contributed by atoms with Crippen LogP contribution in [0.25, 0.3) is 0 Å². The van der Waals surface area contributed by atoms with Gasteiger partial charge in [0, 0.05) is 11.8 Å². The summed E-state index contributed by atoms with van der Waals surface area (Å²) in [6, 6.07) is 15.1. The number of benzene rings is 2. The molecule has 0 heterocycles. The van der Waals surface area contributed by atoms with E-state index in [-0.39, 0.29) is 20.7 Å². The molecular weight excluding hydrogens is 406 g/mol. The van der Waals surface area contributed by atoms with Crippen molar-refractivity contribution in [3.05, 3.63) is 59.7 Å². The van der Waals surface area contributed by atoms with Crippen LogP contribution in [0.4, 0.5) is 5.69 Å². The van der Waals surface area contributed by atoms with Crippen molar-refractivity contribution in [3.8, 4) is 5.75 Å². The first-order valence-electron chi connectivity index (χ1n) is 5.52. The van der Waals surface area contributed by atoms with Crippen molar-refractivity contribution in [1.82, 2.24) is 0 Å². The van der Waals surface area contributed by atoms with Gasteiger partial charge in [-0.1, -0.05) is 29.8 Å². The maximum absolute atomic E-state index is 9.54. The SMILES string of the molecule is Cc1ccc(N=Cc2ccccc2O)cc1.[Br][Ti][Br]. The molecular formula is C14H13Br2NOTi. The molecule has 1 N–H and O–H groups in total. The van der Waals surface area contributed by atoms with E-state index in [1.54, 1.807) is 18.3 Å². The molecule has 0 aliphatic rings. The first-order chi connectivity index (χ1) is 9.17. The van der Waals surface area contributed by atoms with Crippen molar-refractivity contribution < 1.29 is 20.1 Å². The van der Waals surface area contributed by atoms with Gasteiger partial charge in [-0.2, -0.15) is 0 Å². The van der Waals surface area contributed by atoms with E-state index < -0.39 is 0 Å². The summed E-state index contributed by atoms with van der Waals surface area (Å²) in [6.45, 7) is 2.04. The Bertz CT molecular complexity index is 529. The number of phenols is 1. The van der Waals surface area contributed by atoms with Gasteiger partial charge in [-0.15, -0.1) is 0 Å². The van der Waals surface area contributed by atoms with Crippen LogP contribution in [0.15, 0.2) is 53.5 Å². The Balaban J connectivity index is 0.000000550. The van der Waals surface area contributed by atoms with Gasteiger partial charge in [0.2, 0.25) is 0 Å². The summed E-state index contributed by atoms with van der Waals surface area (Å²) < 4.78 is 0. The van der Waals surface area contributed by atoms with Crippen LogP contribution in [0.2, 0.25) is 0 Å². The molecule has 0 aliphatic heterocycles. The fourth-order valence-electron chi connectivity index (χ4n) is 1.37. The molecule has 0 radical (unpaired) electrons. The van der Waals surface area contributed by atoms with E-state index in [1.165, 1.54) is 5.56 Å². The molecule has 2 aromatic carbocycles. The molecule has 2 nitrogen and oxygen atoms in total. The third-order valence-electron chi connectivity index (χ3n) is 2.32. The number of halogens is 2. The molecule has 5 heteroatoms. The Morgan fingerprint density at radius 1 is 1.05 bits per heavy atom. The molecule has 0 unspecified atom stereocenters. The Labute approximate surface area is 135 Å². The predicted octanol–water partition coefficient (Wildman–Crippen LogP) is 5.14. The van der Waals surface area contributed by atoms with Gasteiger partial charge in [-0.25, -0.2) is 0 Å². The van der Waals surface area contributed by atoms with Crippen LogP contribution in [-0.2, 0) is 15.0 Å². The minimum absolute atomic E-state index is 0.125. The average Bonchev–Trinajstić information content (AvgIpc) is 2.41. The Hall–Kier alpha value is -0.416. The van der Waals surface area contributed by atoms with E-state index in [0.717, 1.165) is 11.3 Å². The van der Waals surface area contributed by atoms with Crippen LogP contribution in [0.3, 0.4) is 0 Å². The number of hydrogen-bond acceptors (Lipinski definition) is 2. The molecule has 19 heavy (non-hydrogen) atoms. The van der Waals surface area contributed by atoms with Gasteiger partial charge in [-0.3, -0.25) is 4.99 Å². The van der Waals surface area contributed by atoms with E-state index in [1.807, 2.05) is 43.3 Å². The molecule has 0 bridgehead atoms. The number of phenolic OH excluding ortho intramolecular Hbond substituents is 1. The molecule has 0 aromatic heterocycles. The number of aryl methyl sites for hydroxylation is 1. The van der Waals surface area contributed by atoms with Crippen molar-refractivity contribution in [2.45, 2.75) is 6.92 Å². The summed E-state index contributed by atoms with van der Waals surface area (Å²) >= 11 is 6.50. The van der Waals surface area contributed by atoms with Crippen LogP contribution in [0.1, 0.15) is 11.1 Å². The van der Waals surface area contributed by atoms with Gasteiger partial charge < -0.3 is 5.11 Å². The first kappa shape index (κ1) is 16.6. The maximum atomic E-state index is 9.54. The van der Waals surface area contributed by atoms with Crippen molar-refractivity contribution in [1.29, 1.82) is 0 Å². The molecule has 0 saturated heterocycles. The standard InChI is InChI=1S/C14H13NO.2BrH.Ti/c1-11-6-8-13(9-7-11)15-10-12-4-2-3-5-14(12)16;;;/h2-10,16H,1H3;2*1H;/q;;;+2/p-2. The van der Waals surface area contributed by atoms with Crippen LogP contribution in [0.5, 0.6) is 5.75 Å². The summed E-state index contributed by atoms with van der Waals surface area (Å²) in [4.78, 5) is 4.29. The van der Waals surface area contributed by atoms with Crippen molar-refractivity contribution in [2.24, 2.45) is 4.99 Å². The fraction of sp³-hybridized carbons (Fsp3) is 0.0714. The third kappa shape index (κ3) is 6.52. The zero-order valence-electron chi connectivity index (χ0n) is 10.3. The van der Waals surface area contributed by atoms with Gasteiger partial charge >= 0.3 is 41.3 Å². The third-order valence-corrected chi connectivity index (χ3v) is 2.32. The number of hydrogen-bond donors (Lipinski definition) is 1. The predicted molar refractivity (Wildman–Crippen MR) is 84.4 cm³/mol. The first-order valence-corrected chi connectivity index (χ1v) is 13.2. The van der Waals surface area contributed by atoms with Crippen molar-refractivity contribution >= 4 is 38.2 Å². The molecule has 0 spiro atoms. The molecule has 98 valence electrons. The van der Waals surface area contributed by atoms with E-state index >= 15 is 0 Å². The van der Waals surface area contributed by atoms with Crippen molar-refractivity contribution in [3.63, 3.8) is 0 Å². The van der Waals surface area contributed by atoms with E-state index in [9.17, 15) is 5.11 Å². The summed E-state index contributed by atoms with van der Waals surface area (Å²) in [7, 11) is 0. The second-order valence-corrected chi connectivity index (χ2v) is 11.6. The van der Waals surface area contributed by atoms with E-state index in [0.29, 0.717) is 0 Å². The van der Waals surface area contributed by atoms with Crippen molar-refractivity contribution in [2.75, 3.05) is 0 Å². The molecule has 0 fully saturated rings. The zero-order valence-corrected chi connectivity index (χ0v) is 15.1. The van der Waals surface area contributed by atoms with Crippen LogP contribution in [-0.4, -0.2) is 11.3 Å². The van der Waals surface area contributed by atoms with Gasteiger partial charge in [0.25, 0.3) is 0 Å². The summed E-state index contributed by atoms with van der Waals surface area (Å²) in [5, 5.41) is 9.54. The zero-order chi connectivity index (χ0) is 14.1. The number of rotatable bonds is 2. The van der Waals surface area contributed by atoms with Crippen LogP contribution < -0.4 is 0 Å². The Kier molecular flexibility index (Phi) is 8.30. The number of aliphatic imine (C=N–C) groups is 1. The van der Waals surface area contributed by atoms with Gasteiger partial charge in [0.1, 0.15) is 5.75 Å². The summed E-state index contributed by atoms with van der Waals surface area (Å²) in [5.74, 6) is 0.248. The summed E-state index contributed by atoms with van der Waals surface area (Å²) in [5.41, 5.74) is 2.82. The monoisotopic (exact) mass is 417 g/mol. The fourth-order valence-corrected chi connectivity index (χ4v) is 1.37. The average molecular weight is 419 g/mol. The number of para-hydroxylation sites is 1. The van der Waals surface area contributed by atoms with E-state index in [4.69, 9.17) is 0 Å². The van der Waals surface area contributed by atoms with Crippen LogP contribution in [0, 0.1) is 6.92 Å². The van der Waals surface area contributed by atoms with Gasteiger partial charge in [-0.05, 0) is 31.2 Å². The molecule has 2 rings (SSSR count). The van der Waals surface area contributed by atoms with Crippen LogP contribution >= 0.6 is 26.3 Å². The molecule has 2 aromatic rings. The summed E-state index contributed by atoms with van der Waals surface area (Å²) in [6.07, 6.45) is 1.67. The molecule has 0 atom stereocenters. The van der Waals surface area contributed by atoms with Gasteiger partial charge in [0.15, 0.2) is 0 Å². The van der Waals surface area contributed by atoms with E-state index in [2.05, 4.69) is 31.3 Å². The molecule has 0 saturated carbocycles.